The van der Waals surface area contributed by atoms with Crippen molar-refractivity contribution in [3.8, 4) is 33.4 Å². The highest BCUT2D eigenvalue weighted by molar-refractivity contribution is 5.94. The number of aromatic amines is 1. The van der Waals surface area contributed by atoms with Crippen LogP contribution in [0.2, 0.25) is 0 Å². The second kappa shape index (κ2) is 26.1. The molecule has 0 radical (unpaired) electrons. The maximum absolute atomic E-state index is 12.5. The molecule has 20 heteroatoms. The Labute approximate surface area is 519 Å². The van der Waals surface area contributed by atoms with Crippen LogP contribution in [0.25, 0.3) is 55.6 Å². The highest BCUT2D eigenvalue weighted by Crippen LogP contribution is 2.47. The molecular formula is C70H68N12O8. The van der Waals surface area contributed by atoms with E-state index < -0.39 is 24.0 Å². The Kier molecular flexibility index (Phi) is 17.6. The second-order valence-electron chi connectivity index (χ2n) is 22.6. The first-order valence-electron chi connectivity index (χ1n) is 29.4. The fraction of sp³-hybridized carbons (Fsp3) is 0.229. The molecule has 3 aliphatic rings. The monoisotopic (exact) mass is 1200 g/mol. The number of nitrogens with one attached hydrogen (secondary N) is 4. The van der Waals surface area contributed by atoms with Gasteiger partial charge in [-0.1, -0.05) is 153 Å². The topological polar surface area (TPSA) is 244 Å². The Hall–Kier alpha value is -11.0. The van der Waals surface area contributed by atoms with Crippen LogP contribution < -0.4 is 27.2 Å². The lowest BCUT2D eigenvalue weighted by atomic mass is 9.98. The van der Waals surface area contributed by atoms with E-state index in [-0.39, 0.29) is 80.3 Å². The first kappa shape index (κ1) is 60.7. The van der Waals surface area contributed by atoms with Gasteiger partial charge in [0.05, 0.1) is 18.2 Å². The zero-order valence-electron chi connectivity index (χ0n) is 49.7. The second-order valence-corrected chi connectivity index (χ2v) is 22.6. The van der Waals surface area contributed by atoms with Crippen molar-refractivity contribution in [3.63, 3.8) is 0 Å². The number of nitrogens with zero attached hydrogens (tertiary/aromatic N) is 8. The molecule has 5 heterocycles. The Morgan fingerprint density at radius 1 is 0.478 bits per heavy atom. The number of fused-ring (bicyclic) bond motifs is 11. The van der Waals surface area contributed by atoms with Gasteiger partial charge in [-0.3, -0.25) is 25.3 Å². The molecule has 0 spiro atoms. The third kappa shape index (κ3) is 12.2. The lowest BCUT2D eigenvalue weighted by Crippen LogP contribution is -2.26. The standard InChI is InChI=1S/C24H22N4O3.C23H21N5O2.C22H21N3O3.CH4/c1-14(2)28-13-25-22-20(28)11-21(26-23(22)29)27-24(30)31-12-19-17-9-5-3-7-15(17)16-8-4-6-10-18(16)19;1-14(2)28-13-26-20-21(24-12-25-22(20)28)27-23(29)30-11-19-17-9-5-3-7-15(17)16-8-4-6-10-18(16)19;1-14(2)25-12-11-20(23-21(25)26)24-22(27)28-13-19-17-9-5-3-7-15(17)16-8-4-6-10-18(16)19;/h3-11,13-14,19H,12H2,1-2H3,(H2,26,27,29,30);3-10,12-14,19H,11H2,1-2H3,(H,24,25,27,29);3-12,14,19H,13H2,1-2H3,(H,23,24,26,27);1H4. The van der Waals surface area contributed by atoms with E-state index in [1.807, 2.05) is 123 Å². The number of pyridine rings is 1. The number of hydrogen-bond donors (Lipinski definition) is 4. The molecule has 0 saturated heterocycles. The maximum atomic E-state index is 12.5. The van der Waals surface area contributed by atoms with Crippen molar-refractivity contribution in [2.45, 2.75) is 84.8 Å². The lowest BCUT2D eigenvalue weighted by Gasteiger charge is -2.14. The normalized spacial score (nSPS) is 12.5. The lowest BCUT2D eigenvalue weighted by molar-refractivity contribution is 0.157. The molecule has 11 aromatic rings. The summed E-state index contributed by atoms with van der Waals surface area (Å²) < 4.78 is 21.9. The van der Waals surface area contributed by atoms with Gasteiger partial charge in [0, 0.05) is 48.1 Å². The number of imidazole rings is 2. The van der Waals surface area contributed by atoms with E-state index in [1.54, 1.807) is 31.0 Å². The van der Waals surface area contributed by atoms with Gasteiger partial charge in [-0.05, 0) is 114 Å². The van der Waals surface area contributed by atoms with Gasteiger partial charge < -0.3 is 28.3 Å². The molecule has 3 amide bonds. The first-order valence-corrected chi connectivity index (χ1v) is 29.4. The molecule has 14 rings (SSSR count). The molecule has 0 unspecified atom stereocenters. The predicted octanol–water partition coefficient (Wildman–Crippen LogP) is 14.3. The SMILES string of the molecule is C.CC(C)n1ccc(NC(=O)OCC2c3ccccc3-c3ccccc32)nc1=O.CC(C)n1cnc2c(=O)[nH]c(NC(=O)OCC3c4ccccc4-c4ccccc43)cc21.CC(C)n1cnc2c(NC(=O)OCC3c4ccccc4-c4ccccc43)ncnc21. The third-order valence-electron chi connectivity index (χ3n) is 16.2. The molecule has 4 N–H and O–H groups in total. The number of rotatable bonds is 12. The van der Waals surface area contributed by atoms with E-state index in [0.717, 1.165) is 22.3 Å². The fourth-order valence-electron chi connectivity index (χ4n) is 11.9. The maximum Gasteiger partial charge on any atom is 0.412 e. The molecule has 0 atom stereocenters. The number of carbonyl (C=O) groups is 3. The molecule has 3 aliphatic carbocycles. The summed E-state index contributed by atoms with van der Waals surface area (Å²) in [6.45, 7) is 12.5. The number of H-pyrrole nitrogens is 1. The summed E-state index contributed by atoms with van der Waals surface area (Å²) in [5, 5.41) is 7.90. The van der Waals surface area contributed by atoms with Crippen molar-refractivity contribution in [2.24, 2.45) is 0 Å². The minimum Gasteiger partial charge on any atom is -0.448 e. The van der Waals surface area contributed by atoms with Crippen LogP contribution in [0.3, 0.4) is 0 Å². The number of carbonyl (C=O) groups excluding carboxylic acids is 3. The molecule has 0 fully saturated rings. The summed E-state index contributed by atoms with van der Waals surface area (Å²) in [6, 6.07) is 52.7. The van der Waals surface area contributed by atoms with Gasteiger partial charge >= 0.3 is 24.0 Å². The Morgan fingerprint density at radius 2 is 0.867 bits per heavy atom. The number of hydrogen-bond acceptors (Lipinski definition) is 13. The average molecular weight is 1210 g/mol. The van der Waals surface area contributed by atoms with E-state index >= 15 is 0 Å². The Balaban J connectivity index is 0.000000138. The van der Waals surface area contributed by atoms with Gasteiger partial charge in [-0.25, -0.2) is 39.1 Å². The molecule has 0 bridgehead atoms. The van der Waals surface area contributed by atoms with Gasteiger partial charge in [-0.2, -0.15) is 4.98 Å². The van der Waals surface area contributed by atoms with Crippen molar-refractivity contribution in [3.05, 3.63) is 237 Å². The third-order valence-corrected chi connectivity index (χ3v) is 16.2. The van der Waals surface area contributed by atoms with Crippen molar-refractivity contribution in [2.75, 3.05) is 35.8 Å². The van der Waals surface area contributed by atoms with Gasteiger partial charge in [0.1, 0.15) is 37.8 Å². The van der Waals surface area contributed by atoms with Crippen LogP contribution >= 0.6 is 0 Å². The van der Waals surface area contributed by atoms with Gasteiger partial charge in [0.2, 0.25) is 0 Å². The molecule has 6 aromatic carbocycles. The molecule has 456 valence electrons. The Bertz CT molecular complexity index is 4470. The van der Waals surface area contributed by atoms with Crippen LogP contribution in [-0.2, 0) is 14.2 Å². The van der Waals surface area contributed by atoms with E-state index in [9.17, 15) is 24.0 Å². The smallest absolute Gasteiger partial charge is 0.412 e. The van der Waals surface area contributed by atoms with E-state index in [4.69, 9.17) is 14.2 Å². The van der Waals surface area contributed by atoms with Crippen LogP contribution in [0.1, 0.15) is 118 Å². The highest BCUT2D eigenvalue weighted by atomic mass is 16.6. The molecule has 90 heavy (non-hydrogen) atoms. The molecule has 5 aromatic heterocycles. The summed E-state index contributed by atoms with van der Waals surface area (Å²) >= 11 is 0. The highest BCUT2D eigenvalue weighted by Gasteiger charge is 2.32. The molecular weight excluding hydrogens is 1140 g/mol. The summed E-state index contributed by atoms with van der Waals surface area (Å²) in [7, 11) is 0. The van der Waals surface area contributed by atoms with Crippen LogP contribution in [0.4, 0.5) is 31.8 Å². The predicted molar refractivity (Wildman–Crippen MR) is 348 cm³/mol. The summed E-state index contributed by atoms with van der Waals surface area (Å²) in [5.41, 5.74) is 15.5. The van der Waals surface area contributed by atoms with Crippen molar-refractivity contribution >= 4 is 57.9 Å². The largest absolute Gasteiger partial charge is 0.448 e. The van der Waals surface area contributed by atoms with E-state index in [2.05, 4.69) is 119 Å². The van der Waals surface area contributed by atoms with Gasteiger partial charge in [0.15, 0.2) is 22.5 Å². The minimum absolute atomic E-state index is 0. The van der Waals surface area contributed by atoms with Crippen LogP contribution in [-0.4, -0.2) is 81.7 Å². The van der Waals surface area contributed by atoms with E-state index in [1.165, 1.54) is 55.4 Å². The number of anilines is 3. The van der Waals surface area contributed by atoms with Gasteiger partial charge in [0.25, 0.3) is 5.56 Å². The first-order chi connectivity index (χ1) is 43.2. The number of amides is 3. The van der Waals surface area contributed by atoms with Crippen molar-refractivity contribution < 1.29 is 28.6 Å². The molecule has 0 aliphatic heterocycles. The van der Waals surface area contributed by atoms with Crippen LogP contribution in [0, 0.1) is 0 Å². The summed E-state index contributed by atoms with van der Waals surface area (Å²) in [5.74, 6) is 0.767. The van der Waals surface area contributed by atoms with Crippen molar-refractivity contribution in [1.29, 1.82) is 0 Å². The number of benzene rings is 6. The Morgan fingerprint density at radius 3 is 1.29 bits per heavy atom. The van der Waals surface area contributed by atoms with Gasteiger partial charge in [-0.15, -0.1) is 0 Å². The zero-order valence-corrected chi connectivity index (χ0v) is 49.7. The average Bonchev–Trinajstić information content (AvgIpc) is 1.68. The fourth-order valence-corrected chi connectivity index (χ4v) is 11.9. The van der Waals surface area contributed by atoms with Crippen molar-refractivity contribution in [1.82, 2.24) is 43.6 Å². The number of ether oxygens (including phenoxy) is 3. The van der Waals surface area contributed by atoms with Crippen LogP contribution in [0.15, 0.2) is 192 Å². The minimum atomic E-state index is -0.629. The number of aromatic nitrogens is 9. The van der Waals surface area contributed by atoms with Crippen LogP contribution in [0.5, 0.6) is 0 Å². The summed E-state index contributed by atoms with van der Waals surface area (Å²) in [6.07, 6.45) is 4.55. The molecule has 0 saturated carbocycles. The zero-order chi connectivity index (χ0) is 61.9. The molecule has 20 nitrogen and oxygen atoms in total. The quantitative estimate of drug-likeness (QED) is 0.0833. The summed E-state index contributed by atoms with van der Waals surface area (Å²) in [4.78, 5) is 85.1. The van der Waals surface area contributed by atoms with E-state index in [0.29, 0.717) is 28.0 Å².